The van der Waals surface area contributed by atoms with E-state index in [-0.39, 0.29) is 105 Å². The van der Waals surface area contributed by atoms with Crippen molar-refractivity contribution in [3.63, 3.8) is 0 Å². The van der Waals surface area contributed by atoms with Crippen molar-refractivity contribution < 1.29 is 134 Å². The molecule has 0 bridgehead atoms. The molecule has 288 valence electrons. The monoisotopic (exact) mass is 872 g/mol. The molecule has 11 nitrogen and oxygen atoms in total. The maximum Gasteiger partial charge on any atom is 1.00 e. The van der Waals surface area contributed by atoms with E-state index in [0.29, 0.717) is 35.0 Å². The van der Waals surface area contributed by atoms with Gasteiger partial charge in [-0.3, -0.25) is 5.04 Å². The van der Waals surface area contributed by atoms with Gasteiger partial charge in [0.1, 0.15) is 22.4 Å². The molecule has 56 heavy (non-hydrogen) atoms. The van der Waals surface area contributed by atoms with Crippen LogP contribution in [0.25, 0.3) is 0 Å². The number of nitrogens with zero attached hydrogens (tertiary/aromatic N) is 2. The Morgan fingerprint density at radius 2 is 1.68 bits per heavy atom. The molecule has 0 saturated heterocycles. The second-order valence-corrected chi connectivity index (χ2v) is 18.5. The molecule has 18 heteroatoms. The fourth-order valence-electron chi connectivity index (χ4n) is 7.45. The molecule has 3 aliphatic rings. The molecule has 0 fully saturated rings. The zero-order valence-corrected chi connectivity index (χ0v) is 42.4. The number of halogens is 1. The van der Waals surface area contributed by atoms with Crippen LogP contribution in [-0.2, 0) is 40.4 Å². The first-order valence-electron chi connectivity index (χ1n) is 17.5. The van der Waals surface area contributed by atoms with Crippen LogP contribution in [0.2, 0.25) is 0 Å². The minimum atomic E-state index is -4.69. The van der Waals surface area contributed by atoms with E-state index in [1.807, 2.05) is 43.0 Å². The first-order chi connectivity index (χ1) is 25.0. The van der Waals surface area contributed by atoms with Gasteiger partial charge in [0.05, 0.1) is 15.0 Å². The molecule has 0 amide bonds. The largest absolute Gasteiger partial charge is 1.00 e. The third-order valence-corrected chi connectivity index (χ3v) is 12.9. The first kappa shape index (κ1) is 52.3. The SMILES string of the molecule is CC1(C)C(/C=C/C2=C(Cl)C(=C/C=C3/N(CCCCS(=O)(=O)[O-])c4ccc(S(=O)(=O)[O-])cc4C3(C)C)/CCC2)=[N+](CCCCSOO[O-])c2cc[c-]cc21.[Na+].[Na+].[Na+]. The van der Waals surface area contributed by atoms with Crippen molar-refractivity contribution in [2.24, 2.45) is 0 Å². The van der Waals surface area contributed by atoms with Gasteiger partial charge in [0.25, 0.3) is 0 Å². The van der Waals surface area contributed by atoms with Crippen molar-refractivity contribution in [1.82, 2.24) is 0 Å². The Morgan fingerprint density at radius 3 is 2.36 bits per heavy atom. The number of allylic oxidation sites excluding steroid dienone is 8. The second kappa shape index (κ2) is 22.3. The van der Waals surface area contributed by atoms with E-state index in [0.717, 1.165) is 78.9 Å². The summed E-state index contributed by atoms with van der Waals surface area (Å²) in [6, 6.07) is 13.6. The molecule has 0 N–H and O–H groups in total. The van der Waals surface area contributed by atoms with E-state index in [1.54, 1.807) is 6.07 Å². The van der Waals surface area contributed by atoms with E-state index < -0.39 is 31.4 Å². The van der Waals surface area contributed by atoms with Crippen molar-refractivity contribution >= 4 is 61.0 Å². The summed E-state index contributed by atoms with van der Waals surface area (Å²) < 4.78 is 76.2. The van der Waals surface area contributed by atoms with Crippen LogP contribution >= 0.6 is 23.6 Å². The molecule has 0 unspecified atom stereocenters. The number of hydrogen-bond donors (Lipinski definition) is 0. The van der Waals surface area contributed by atoms with E-state index >= 15 is 0 Å². The molecule has 5 rings (SSSR count). The summed E-state index contributed by atoms with van der Waals surface area (Å²) >= 11 is 8.12. The smallest absolute Gasteiger partial charge is 0.748 e. The molecule has 2 heterocycles. The van der Waals surface area contributed by atoms with Gasteiger partial charge in [-0.1, -0.05) is 57.0 Å². The zero-order chi connectivity index (χ0) is 38.6. The summed E-state index contributed by atoms with van der Waals surface area (Å²) in [7, 11) is -9.05. The first-order valence-corrected chi connectivity index (χ1v) is 21.8. The van der Waals surface area contributed by atoms with Crippen molar-refractivity contribution in [2.75, 3.05) is 29.5 Å². The third kappa shape index (κ3) is 12.6. The Balaban J connectivity index is 0.00000361. The number of hydrogen-bond acceptors (Lipinski definition) is 11. The van der Waals surface area contributed by atoms with E-state index in [1.165, 1.54) is 17.7 Å². The Morgan fingerprint density at radius 1 is 0.946 bits per heavy atom. The standard InChI is InChI=1S/C38H47ClN2O9S3.3Na/c1-37(2)30-14-5-6-15-32(30)40(22-7-9-24-51-50-49-42)34(37)20-16-27-12-11-13-28(36(27)39)17-21-35-38(3,4)31-26-29(53(46,47)48)18-19-33(31)41(35)23-8-10-25-52(43,44)45;;;/h6,14-21,26,42H,7-13,22-25H2,1-4H3,(H,43,44,45)(H,46,47,48);;;/q;3*+1/p-3. The van der Waals surface area contributed by atoms with Crippen LogP contribution in [0.1, 0.15) is 83.8 Å². The zero-order valence-electron chi connectivity index (χ0n) is 33.2. The summed E-state index contributed by atoms with van der Waals surface area (Å²) in [6.07, 6.45) is 12.9. The predicted octanol–water partition coefficient (Wildman–Crippen LogP) is -2.40. The Labute approximate surface area is 407 Å². The number of anilines is 1. The minimum Gasteiger partial charge on any atom is -0.748 e. The molecular weight excluding hydrogens is 829 g/mol. The number of unbranched alkanes of at least 4 members (excludes halogenated alkanes) is 2. The van der Waals surface area contributed by atoms with Gasteiger partial charge in [-0.15, -0.1) is 6.07 Å². The molecule has 1 aliphatic carbocycles. The predicted molar refractivity (Wildman–Crippen MR) is 203 cm³/mol. The molecule has 2 aromatic carbocycles. The molecular formula is C38H44ClN2Na3O9S3. The summed E-state index contributed by atoms with van der Waals surface area (Å²) in [6.45, 7) is 9.45. The summed E-state index contributed by atoms with van der Waals surface area (Å²) in [5, 5.41) is 14.2. The van der Waals surface area contributed by atoms with E-state index in [4.69, 9.17) is 11.6 Å². The molecule has 0 radical (unpaired) electrons. The van der Waals surface area contributed by atoms with Crippen LogP contribution in [-0.4, -0.2) is 60.8 Å². The second-order valence-electron chi connectivity index (χ2n) is 14.4. The molecule has 2 aromatic rings. The fraction of sp³-hybridized carbons (Fsp3) is 0.447. The number of rotatable bonds is 16. The van der Waals surface area contributed by atoms with E-state index in [2.05, 4.69) is 52.1 Å². The molecule has 2 aliphatic heterocycles. The van der Waals surface area contributed by atoms with Gasteiger partial charge in [-0.25, -0.2) is 21.4 Å². The minimum absolute atomic E-state index is 0. The summed E-state index contributed by atoms with van der Waals surface area (Å²) in [5.74, 6) is 0.153. The van der Waals surface area contributed by atoms with Crippen LogP contribution in [0.3, 0.4) is 0 Å². The van der Waals surface area contributed by atoms with Gasteiger partial charge in [0.15, 0.2) is 5.71 Å². The average molecular weight is 873 g/mol. The fourth-order valence-corrected chi connectivity index (χ4v) is 9.25. The van der Waals surface area contributed by atoms with Crippen molar-refractivity contribution in [1.29, 1.82) is 0 Å². The quantitative estimate of drug-likeness (QED) is 0.0259. The Hall–Kier alpha value is 0.210. The number of fused-ring (bicyclic) bond motifs is 2. The molecule has 0 aromatic heterocycles. The maximum absolute atomic E-state index is 11.9. The molecule has 0 spiro atoms. The van der Waals surface area contributed by atoms with Crippen LogP contribution in [0.4, 0.5) is 11.4 Å². The van der Waals surface area contributed by atoms with Gasteiger partial charge >= 0.3 is 88.7 Å². The van der Waals surface area contributed by atoms with Gasteiger partial charge in [-0.2, -0.15) is 22.5 Å². The van der Waals surface area contributed by atoms with E-state index in [9.17, 15) is 31.2 Å². The molecule has 0 atom stereocenters. The van der Waals surface area contributed by atoms with Crippen molar-refractivity contribution in [2.45, 2.75) is 88.4 Å². The maximum atomic E-state index is 11.9. The molecule has 0 saturated carbocycles. The van der Waals surface area contributed by atoms with Gasteiger partial charge in [-0.05, 0) is 79.5 Å². The van der Waals surface area contributed by atoms with Gasteiger partial charge < -0.3 is 19.3 Å². The Kier molecular flexibility index (Phi) is 20.9. The normalized spacial score (nSPS) is 18.9. The van der Waals surface area contributed by atoms with Gasteiger partial charge in [0.2, 0.25) is 0 Å². The van der Waals surface area contributed by atoms with Gasteiger partial charge in [0, 0.05) is 69.8 Å². The van der Waals surface area contributed by atoms with Crippen molar-refractivity contribution in [3.8, 4) is 0 Å². The van der Waals surface area contributed by atoms with Crippen molar-refractivity contribution in [3.05, 3.63) is 99.8 Å². The third-order valence-electron chi connectivity index (χ3n) is 10.2. The number of benzene rings is 2. The van der Waals surface area contributed by atoms with Crippen LogP contribution < -0.4 is 98.8 Å². The van der Waals surface area contributed by atoms with Crippen LogP contribution in [0.5, 0.6) is 0 Å². The summed E-state index contributed by atoms with van der Waals surface area (Å²) in [5.41, 5.74) is 6.64. The average Bonchev–Trinajstić information content (AvgIpc) is 3.44. The topological polar surface area (TPSA) is 162 Å². The van der Waals surface area contributed by atoms with Crippen LogP contribution in [0.15, 0.2) is 87.5 Å². The Bertz CT molecular complexity index is 2100. The summed E-state index contributed by atoms with van der Waals surface area (Å²) in [4.78, 5) is 1.68. The van der Waals surface area contributed by atoms with Crippen LogP contribution in [0, 0.1) is 6.07 Å².